The molecule has 1 aromatic carbocycles. The molecule has 0 spiro atoms. The van der Waals surface area contributed by atoms with Crippen molar-refractivity contribution in [1.82, 2.24) is 15.1 Å². The lowest BCUT2D eigenvalue weighted by molar-refractivity contribution is 0.0560. The Morgan fingerprint density at radius 3 is 2.71 bits per heavy atom. The van der Waals surface area contributed by atoms with Gasteiger partial charge in [-0.2, -0.15) is 5.10 Å². The molecular weight excluding hydrogens is 306 g/mol. The number of nitrogens with zero attached hydrogens (tertiary/aromatic N) is 3. The van der Waals surface area contributed by atoms with Gasteiger partial charge in [-0.25, -0.2) is 0 Å². The van der Waals surface area contributed by atoms with Crippen LogP contribution in [0.15, 0.2) is 36.4 Å². The summed E-state index contributed by atoms with van der Waals surface area (Å²) in [5.74, 6) is 2.16. The molecular formula is C18H23N3O3. The summed E-state index contributed by atoms with van der Waals surface area (Å²) in [7, 11) is 1.59. The predicted molar refractivity (Wildman–Crippen MR) is 90.5 cm³/mol. The SMILES string of the molecule is CCCN(Cc1ccc(OC)nn1)C[C@@H]1COc2ccccc2O1. The van der Waals surface area contributed by atoms with E-state index in [1.807, 2.05) is 36.4 Å². The van der Waals surface area contributed by atoms with Crippen molar-refractivity contribution in [2.75, 3.05) is 26.8 Å². The number of hydrogen-bond donors (Lipinski definition) is 0. The van der Waals surface area contributed by atoms with Gasteiger partial charge in [-0.15, -0.1) is 5.10 Å². The maximum atomic E-state index is 6.06. The molecule has 0 aliphatic carbocycles. The van der Waals surface area contributed by atoms with E-state index in [4.69, 9.17) is 14.2 Å². The van der Waals surface area contributed by atoms with E-state index < -0.39 is 0 Å². The molecule has 24 heavy (non-hydrogen) atoms. The fourth-order valence-electron chi connectivity index (χ4n) is 2.76. The Hall–Kier alpha value is -2.34. The van der Waals surface area contributed by atoms with Crippen LogP contribution in [0.5, 0.6) is 17.4 Å². The number of benzene rings is 1. The summed E-state index contributed by atoms with van der Waals surface area (Å²) in [6, 6.07) is 11.6. The summed E-state index contributed by atoms with van der Waals surface area (Å²) < 4.78 is 16.9. The molecule has 1 aliphatic heterocycles. The molecule has 1 aromatic heterocycles. The molecule has 0 fully saturated rings. The van der Waals surface area contributed by atoms with Crippen LogP contribution in [-0.2, 0) is 6.54 Å². The molecule has 0 unspecified atom stereocenters. The van der Waals surface area contributed by atoms with Crippen LogP contribution >= 0.6 is 0 Å². The molecule has 1 aliphatic rings. The molecule has 0 bridgehead atoms. The van der Waals surface area contributed by atoms with Crippen molar-refractivity contribution in [1.29, 1.82) is 0 Å². The number of rotatable bonds is 7. The fraction of sp³-hybridized carbons (Fsp3) is 0.444. The second-order valence-electron chi connectivity index (χ2n) is 5.80. The van der Waals surface area contributed by atoms with E-state index in [0.29, 0.717) is 12.5 Å². The van der Waals surface area contributed by atoms with Crippen molar-refractivity contribution >= 4 is 0 Å². The highest BCUT2D eigenvalue weighted by molar-refractivity contribution is 5.40. The third-order valence-electron chi connectivity index (χ3n) is 3.86. The van der Waals surface area contributed by atoms with Crippen LogP contribution < -0.4 is 14.2 Å². The van der Waals surface area contributed by atoms with E-state index in [2.05, 4.69) is 22.0 Å². The van der Waals surface area contributed by atoms with E-state index in [9.17, 15) is 0 Å². The molecule has 1 atom stereocenters. The molecule has 0 N–H and O–H groups in total. The summed E-state index contributed by atoms with van der Waals surface area (Å²) in [5, 5.41) is 8.24. The van der Waals surface area contributed by atoms with Crippen molar-refractivity contribution in [3.05, 3.63) is 42.1 Å². The van der Waals surface area contributed by atoms with Gasteiger partial charge in [0.05, 0.1) is 12.8 Å². The lowest BCUT2D eigenvalue weighted by Gasteiger charge is -2.31. The summed E-state index contributed by atoms with van der Waals surface area (Å²) >= 11 is 0. The Bertz CT molecular complexity index is 648. The third-order valence-corrected chi connectivity index (χ3v) is 3.86. The molecule has 2 heterocycles. The Morgan fingerprint density at radius 1 is 1.17 bits per heavy atom. The Labute approximate surface area is 142 Å². The second-order valence-corrected chi connectivity index (χ2v) is 5.80. The van der Waals surface area contributed by atoms with Crippen LogP contribution in [0.4, 0.5) is 0 Å². The van der Waals surface area contributed by atoms with Gasteiger partial charge in [-0.1, -0.05) is 19.1 Å². The van der Waals surface area contributed by atoms with Crippen LogP contribution in [0, 0.1) is 0 Å². The first-order chi connectivity index (χ1) is 11.8. The standard InChI is InChI=1S/C18H23N3O3/c1-3-10-21(11-14-8-9-18(22-2)20-19-14)12-15-13-23-16-6-4-5-7-17(16)24-15/h4-9,15H,3,10-13H2,1-2H3/t15-/m1/s1. The van der Waals surface area contributed by atoms with Crippen molar-refractivity contribution < 1.29 is 14.2 Å². The first kappa shape index (κ1) is 16.5. The molecule has 6 nitrogen and oxygen atoms in total. The molecule has 0 saturated carbocycles. The zero-order valence-electron chi connectivity index (χ0n) is 14.1. The highest BCUT2D eigenvalue weighted by atomic mass is 16.6. The van der Waals surface area contributed by atoms with Crippen LogP contribution in [0.2, 0.25) is 0 Å². The van der Waals surface area contributed by atoms with Crippen LogP contribution in [0.25, 0.3) is 0 Å². The Balaban J connectivity index is 1.61. The van der Waals surface area contributed by atoms with Crippen molar-refractivity contribution in [3.63, 3.8) is 0 Å². The zero-order valence-corrected chi connectivity index (χ0v) is 14.1. The second kappa shape index (κ2) is 7.97. The highest BCUT2D eigenvalue weighted by Crippen LogP contribution is 2.31. The summed E-state index contributed by atoms with van der Waals surface area (Å²) in [6.45, 7) is 5.21. The van der Waals surface area contributed by atoms with Gasteiger partial charge in [-0.3, -0.25) is 4.90 Å². The van der Waals surface area contributed by atoms with Crippen molar-refractivity contribution in [2.24, 2.45) is 0 Å². The maximum Gasteiger partial charge on any atom is 0.233 e. The van der Waals surface area contributed by atoms with E-state index in [1.54, 1.807) is 7.11 Å². The molecule has 0 amide bonds. The van der Waals surface area contributed by atoms with E-state index in [-0.39, 0.29) is 6.10 Å². The fourth-order valence-corrected chi connectivity index (χ4v) is 2.76. The number of hydrogen-bond acceptors (Lipinski definition) is 6. The van der Waals surface area contributed by atoms with Gasteiger partial charge in [-0.05, 0) is 31.2 Å². The minimum atomic E-state index is 0.0117. The minimum absolute atomic E-state index is 0.0117. The first-order valence-electron chi connectivity index (χ1n) is 8.26. The van der Waals surface area contributed by atoms with Crippen LogP contribution in [-0.4, -0.2) is 48.0 Å². The Morgan fingerprint density at radius 2 is 2.00 bits per heavy atom. The van der Waals surface area contributed by atoms with Gasteiger partial charge < -0.3 is 14.2 Å². The van der Waals surface area contributed by atoms with E-state index in [1.165, 1.54) is 0 Å². The molecule has 6 heteroatoms. The average Bonchev–Trinajstić information content (AvgIpc) is 2.62. The maximum absolute atomic E-state index is 6.06. The molecule has 0 radical (unpaired) electrons. The predicted octanol–water partition coefficient (Wildman–Crippen LogP) is 2.54. The van der Waals surface area contributed by atoms with E-state index >= 15 is 0 Å². The van der Waals surface area contributed by atoms with Crippen molar-refractivity contribution in [3.8, 4) is 17.4 Å². The van der Waals surface area contributed by atoms with Gasteiger partial charge in [0.1, 0.15) is 12.7 Å². The summed E-state index contributed by atoms with van der Waals surface area (Å²) in [5.41, 5.74) is 0.918. The first-order valence-corrected chi connectivity index (χ1v) is 8.26. The van der Waals surface area contributed by atoms with Crippen LogP contribution in [0.1, 0.15) is 19.0 Å². The number of ether oxygens (including phenoxy) is 3. The quantitative estimate of drug-likeness (QED) is 0.778. The largest absolute Gasteiger partial charge is 0.486 e. The zero-order chi connectivity index (χ0) is 16.8. The number of para-hydroxylation sites is 2. The lowest BCUT2D eigenvalue weighted by Crippen LogP contribution is -2.41. The average molecular weight is 329 g/mol. The van der Waals surface area contributed by atoms with Crippen LogP contribution in [0.3, 0.4) is 0 Å². The minimum Gasteiger partial charge on any atom is -0.486 e. The number of fused-ring (bicyclic) bond motifs is 1. The van der Waals surface area contributed by atoms with E-state index in [0.717, 1.165) is 43.2 Å². The topological polar surface area (TPSA) is 56.7 Å². The lowest BCUT2D eigenvalue weighted by atomic mass is 10.2. The highest BCUT2D eigenvalue weighted by Gasteiger charge is 2.23. The monoisotopic (exact) mass is 329 g/mol. The van der Waals surface area contributed by atoms with Gasteiger partial charge in [0.15, 0.2) is 11.5 Å². The molecule has 0 saturated heterocycles. The third kappa shape index (κ3) is 4.14. The molecule has 128 valence electrons. The number of methoxy groups -OCH3 is 1. The van der Waals surface area contributed by atoms with Crippen molar-refractivity contribution in [2.45, 2.75) is 26.0 Å². The van der Waals surface area contributed by atoms with Gasteiger partial charge in [0, 0.05) is 19.2 Å². The van der Waals surface area contributed by atoms with Gasteiger partial charge in [0.2, 0.25) is 5.88 Å². The molecule has 3 rings (SSSR count). The summed E-state index contributed by atoms with van der Waals surface area (Å²) in [4.78, 5) is 2.32. The Kier molecular flexibility index (Phi) is 5.48. The number of aromatic nitrogens is 2. The normalized spacial score (nSPS) is 16.2. The molecule has 2 aromatic rings. The smallest absolute Gasteiger partial charge is 0.233 e. The van der Waals surface area contributed by atoms with Gasteiger partial charge in [0.25, 0.3) is 0 Å². The summed E-state index contributed by atoms with van der Waals surface area (Å²) in [6.07, 6.45) is 1.07. The van der Waals surface area contributed by atoms with Gasteiger partial charge >= 0.3 is 0 Å².